The van der Waals surface area contributed by atoms with Gasteiger partial charge in [-0.3, -0.25) is 4.79 Å². The van der Waals surface area contributed by atoms with E-state index in [1.807, 2.05) is 16.6 Å². The number of hydrogen-bond acceptors (Lipinski definition) is 4. The molecule has 0 bridgehead atoms. The summed E-state index contributed by atoms with van der Waals surface area (Å²) in [6, 6.07) is 9.98. The Morgan fingerprint density at radius 3 is 2.88 bits per heavy atom. The van der Waals surface area contributed by atoms with E-state index in [2.05, 4.69) is 33.2 Å². The Kier molecular flexibility index (Phi) is 3.46. The highest BCUT2D eigenvalue weighted by Crippen LogP contribution is 2.33. The third kappa shape index (κ3) is 2.41. The van der Waals surface area contributed by atoms with Crippen molar-refractivity contribution < 1.29 is 0 Å². The van der Waals surface area contributed by atoms with Gasteiger partial charge in [0, 0.05) is 12.0 Å². The molecule has 0 radical (unpaired) electrons. The minimum absolute atomic E-state index is 0.0528. The summed E-state index contributed by atoms with van der Waals surface area (Å²) in [7, 11) is 0. The van der Waals surface area contributed by atoms with Gasteiger partial charge in [-0.15, -0.1) is 0 Å². The van der Waals surface area contributed by atoms with Crippen LogP contribution in [-0.4, -0.2) is 27.7 Å². The first-order valence-corrected chi connectivity index (χ1v) is 9.53. The molecule has 1 fully saturated rings. The molecule has 0 saturated carbocycles. The van der Waals surface area contributed by atoms with E-state index in [1.165, 1.54) is 5.56 Å². The van der Waals surface area contributed by atoms with Crippen molar-refractivity contribution in [3.05, 3.63) is 57.1 Å². The number of piperidine rings is 1. The summed E-state index contributed by atoms with van der Waals surface area (Å²) < 4.78 is 1.96. The fraction of sp³-hybridized carbons (Fsp3) is 0.263. The number of nitrogens with zero attached hydrogens (tertiary/aromatic N) is 2. The fourth-order valence-corrected chi connectivity index (χ4v) is 4.51. The number of nitrogens with one attached hydrogen (secondary N) is 2. The van der Waals surface area contributed by atoms with Crippen LogP contribution >= 0.6 is 11.3 Å². The maximum atomic E-state index is 12.4. The van der Waals surface area contributed by atoms with Crippen LogP contribution in [0.2, 0.25) is 0 Å². The van der Waals surface area contributed by atoms with Crippen molar-refractivity contribution in [1.82, 2.24) is 19.9 Å². The van der Waals surface area contributed by atoms with E-state index in [1.54, 1.807) is 17.4 Å². The summed E-state index contributed by atoms with van der Waals surface area (Å²) in [5.41, 5.74) is 4.97. The predicted molar refractivity (Wildman–Crippen MR) is 101 cm³/mol. The Labute approximate surface area is 148 Å². The molecule has 2 N–H and O–H groups in total. The number of aromatic amines is 1. The number of fused-ring (bicyclic) bond motifs is 3. The second kappa shape index (κ2) is 5.82. The summed E-state index contributed by atoms with van der Waals surface area (Å²) in [6.45, 7) is 1.97. The molecule has 1 saturated heterocycles. The standard InChI is InChI=1S/C19H18N4OS/c24-17-10-16(12-4-7-20-8-5-12)23-19(21-17)18-14(13-6-9-25-11-13)2-1-3-15(18)22-23/h1-3,6,9-12,20H,4-5,7-8H2,(H,21,24). The van der Waals surface area contributed by atoms with Gasteiger partial charge in [-0.1, -0.05) is 12.1 Å². The molecule has 0 spiro atoms. The van der Waals surface area contributed by atoms with Crippen molar-refractivity contribution in [3.8, 4) is 11.1 Å². The third-order valence-corrected chi connectivity index (χ3v) is 5.74. The molecule has 1 aromatic carbocycles. The normalized spacial score (nSPS) is 16.0. The maximum Gasteiger partial charge on any atom is 0.251 e. The van der Waals surface area contributed by atoms with Crippen molar-refractivity contribution in [2.24, 2.45) is 0 Å². The number of aromatic nitrogens is 3. The topological polar surface area (TPSA) is 62.2 Å². The molecule has 1 aliphatic heterocycles. The van der Waals surface area contributed by atoms with Crippen molar-refractivity contribution in [2.45, 2.75) is 18.8 Å². The maximum absolute atomic E-state index is 12.4. The van der Waals surface area contributed by atoms with E-state index in [0.717, 1.165) is 53.7 Å². The molecular weight excluding hydrogens is 332 g/mol. The van der Waals surface area contributed by atoms with E-state index in [-0.39, 0.29) is 5.56 Å². The van der Waals surface area contributed by atoms with Crippen molar-refractivity contribution in [3.63, 3.8) is 0 Å². The molecule has 3 aromatic heterocycles. The third-order valence-electron chi connectivity index (χ3n) is 5.05. The Morgan fingerprint density at radius 2 is 2.08 bits per heavy atom. The minimum Gasteiger partial charge on any atom is -0.317 e. The van der Waals surface area contributed by atoms with Gasteiger partial charge >= 0.3 is 0 Å². The van der Waals surface area contributed by atoms with Gasteiger partial charge < -0.3 is 10.3 Å². The molecule has 6 heteroatoms. The number of hydrogen-bond donors (Lipinski definition) is 2. The van der Waals surface area contributed by atoms with Gasteiger partial charge in [0.1, 0.15) is 5.65 Å². The predicted octanol–water partition coefficient (Wildman–Crippen LogP) is 3.37. The highest BCUT2D eigenvalue weighted by molar-refractivity contribution is 7.08. The Bertz CT molecular complexity index is 1100. The van der Waals surface area contributed by atoms with Gasteiger partial charge in [0.2, 0.25) is 0 Å². The van der Waals surface area contributed by atoms with Crippen molar-refractivity contribution in [1.29, 1.82) is 0 Å². The lowest BCUT2D eigenvalue weighted by Crippen LogP contribution is -2.28. The second-order valence-electron chi connectivity index (χ2n) is 6.55. The smallest absolute Gasteiger partial charge is 0.251 e. The molecule has 126 valence electrons. The van der Waals surface area contributed by atoms with E-state index in [4.69, 9.17) is 5.10 Å². The first-order valence-electron chi connectivity index (χ1n) is 8.59. The zero-order valence-electron chi connectivity index (χ0n) is 13.7. The lowest BCUT2D eigenvalue weighted by Gasteiger charge is -2.23. The lowest BCUT2D eigenvalue weighted by atomic mass is 9.94. The SMILES string of the molecule is O=c1cc(C2CCNCC2)n2nc3cccc(-c4ccsc4)c3c2[nH]1. The van der Waals surface area contributed by atoms with Gasteiger partial charge in [0.05, 0.1) is 16.6 Å². The Morgan fingerprint density at radius 1 is 1.20 bits per heavy atom. The van der Waals surface area contributed by atoms with Crippen LogP contribution in [0.5, 0.6) is 0 Å². The molecule has 25 heavy (non-hydrogen) atoms. The second-order valence-corrected chi connectivity index (χ2v) is 7.33. The molecule has 4 heterocycles. The summed E-state index contributed by atoms with van der Waals surface area (Å²) in [4.78, 5) is 15.4. The average molecular weight is 350 g/mol. The summed E-state index contributed by atoms with van der Waals surface area (Å²) in [6.07, 6.45) is 2.07. The molecular formula is C19H18N4OS. The fourth-order valence-electron chi connectivity index (χ4n) is 3.85. The zero-order valence-corrected chi connectivity index (χ0v) is 14.5. The lowest BCUT2D eigenvalue weighted by molar-refractivity contribution is 0.446. The average Bonchev–Trinajstić information content (AvgIpc) is 3.29. The first-order chi connectivity index (χ1) is 12.3. The van der Waals surface area contributed by atoms with Crippen LogP contribution in [0, 0.1) is 0 Å². The largest absolute Gasteiger partial charge is 0.317 e. The number of rotatable bonds is 2. The first kappa shape index (κ1) is 14.9. The molecule has 0 aliphatic carbocycles. The van der Waals surface area contributed by atoms with Crippen LogP contribution in [-0.2, 0) is 0 Å². The molecule has 5 rings (SSSR count). The Hall–Kier alpha value is -2.44. The minimum atomic E-state index is -0.0528. The number of thiophene rings is 1. The van der Waals surface area contributed by atoms with Gasteiger partial charge in [0.25, 0.3) is 5.56 Å². The van der Waals surface area contributed by atoms with Crippen LogP contribution in [0.3, 0.4) is 0 Å². The number of H-pyrrole nitrogens is 1. The van der Waals surface area contributed by atoms with Gasteiger partial charge in [-0.2, -0.15) is 16.4 Å². The highest BCUT2D eigenvalue weighted by Gasteiger charge is 2.21. The summed E-state index contributed by atoms with van der Waals surface area (Å²) in [5, 5.41) is 13.4. The van der Waals surface area contributed by atoms with Crippen molar-refractivity contribution >= 4 is 27.9 Å². The van der Waals surface area contributed by atoms with E-state index < -0.39 is 0 Å². The molecule has 0 atom stereocenters. The monoisotopic (exact) mass is 350 g/mol. The molecule has 4 aromatic rings. The molecule has 1 aliphatic rings. The zero-order chi connectivity index (χ0) is 16.8. The summed E-state index contributed by atoms with van der Waals surface area (Å²) in [5.74, 6) is 0.366. The van der Waals surface area contributed by atoms with E-state index in [9.17, 15) is 4.79 Å². The molecule has 0 amide bonds. The number of benzene rings is 1. The van der Waals surface area contributed by atoms with E-state index in [0.29, 0.717) is 5.92 Å². The molecule has 0 unspecified atom stereocenters. The van der Waals surface area contributed by atoms with Crippen molar-refractivity contribution in [2.75, 3.05) is 13.1 Å². The van der Waals surface area contributed by atoms with Crippen LogP contribution in [0.25, 0.3) is 27.7 Å². The van der Waals surface area contributed by atoms with Gasteiger partial charge in [-0.25, -0.2) is 4.52 Å². The van der Waals surface area contributed by atoms with Crippen LogP contribution < -0.4 is 10.9 Å². The van der Waals surface area contributed by atoms with E-state index >= 15 is 0 Å². The Balaban J connectivity index is 1.83. The molecule has 5 nitrogen and oxygen atoms in total. The van der Waals surface area contributed by atoms with Crippen LogP contribution in [0.4, 0.5) is 0 Å². The van der Waals surface area contributed by atoms with Crippen LogP contribution in [0.1, 0.15) is 24.5 Å². The quantitative estimate of drug-likeness (QED) is 0.583. The summed E-state index contributed by atoms with van der Waals surface area (Å²) >= 11 is 1.67. The van der Waals surface area contributed by atoms with Gasteiger partial charge in [-0.05, 0) is 60.0 Å². The van der Waals surface area contributed by atoms with Crippen LogP contribution in [0.15, 0.2) is 45.9 Å². The highest BCUT2D eigenvalue weighted by atomic mass is 32.1. The van der Waals surface area contributed by atoms with Gasteiger partial charge in [0.15, 0.2) is 0 Å².